The highest BCUT2D eigenvalue weighted by molar-refractivity contribution is 7.86. The van der Waals surface area contributed by atoms with Crippen LogP contribution in [-0.2, 0) is 59.7 Å². The van der Waals surface area contributed by atoms with Gasteiger partial charge < -0.3 is 20.1 Å². The lowest BCUT2D eigenvalue weighted by atomic mass is 9.45. The highest BCUT2D eigenvalue weighted by Gasteiger charge is 2.61. The number of ether oxygens (including phenoxy) is 2. The Kier molecular flexibility index (Phi) is 16.9. The Morgan fingerprint density at radius 1 is 0.638 bits per heavy atom. The Bertz CT molecular complexity index is 2370. The van der Waals surface area contributed by atoms with Gasteiger partial charge in [-0.05, 0) is 132 Å². The summed E-state index contributed by atoms with van der Waals surface area (Å²) < 4.78 is 75.9. The van der Waals surface area contributed by atoms with Crippen LogP contribution in [0.5, 0.6) is 0 Å². The van der Waals surface area contributed by atoms with Crippen LogP contribution in [0.1, 0.15) is 173 Å². The third-order valence-electron chi connectivity index (χ3n) is 16.7. The smallest absolute Gasteiger partial charge is 0.306 e. The van der Waals surface area contributed by atoms with Crippen LogP contribution in [0.3, 0.4) is 0 Å². The van der Waals surface area contributed by atoms with Crippen molar-refractivity contribution >= 4 is 44.0 Å². The summed E-state index contributed by atoms with van der Waals surface area (Å²) in [5.74, 6) is -2.43. The molecule has 2 amide bonds. The average molecular weight is 999 g/mol. The Morgan fingerprint density at radius 2 is 1.17 bits per heavy atom. The van der Waals surface area contributed by atoms with Gasteiger partial charge >= 0.3 is 11.9 Å². The number of hydrogen-bond acceptors (Lipinski definition) is 10. The van der Waals surface area contributed by atoms with E-state index in [1.54, 1.807) is 0 Å². The molecule has 4 aliphatic carbocycles. The molecule has 4 fully saturated rings. The van der Waals surface area contributed by atoms with E-state index < -0.39 is 49.5 Å². The molecule has 2 aromatic rings. The molecule has 0 saturated heterocycles. The number of rotatable bonds is 18. The quantitative estimate of drug-likeness (QED) is 0.0815. The monoisotopic (exact) mass is 998 g/mol. The molecule has 2 aromatic carbocycles. The predicted octanol–water partition coefficient (Wildman–Crippen LogP) is 8.58. The molecule has 6 rings (SSSR count). The van der Waals surface area contributed by atoms with Gasteiger partial charge in [0.2, 0.25) is 11.8 Å². The highest BCUT2D eigenvalue weighted by Crippen LogP contribution is 2.66. The van der Waals surface area contributed by atoms with Gasteiger partial charge in [0, 0.05) is 30.8 Å². The van der Waals surface area contributed by atoms with Crippen LogP contribution in [0.4, 0.5) is 0 Å². The van der Waals surface area contributed by atoms with E-state index >= 15 is 0 Å². The highest BCUT2D eigenvalue weighted by atomic mass is 32.2. The lowest BCUT2D eigenvalue weighted by Gasteiger charge is -2.60. The molecule has 0 radical (unpaired) electrons. The van der Waals surface area contributed by atoms with Crippen molar-refractivity contribution in [1.29, 1.82) is 0 Å². The van der Waals surface area contributed by atoms with Gasteiger partial charge in [0.25, 0.3) is 20.2 Å². The first-order chi connectivity index (χ1) is 32.0. The number of esters is 2. The molecule has 4 saturated carbocycles. The first-order valence-corrected chi connectivity index (χ1v) is 28.3. The van der Waals surface area contributed by atoms with E-state index in [2.05, 4.69) is 66.0 Å². The van der Waals surface area contributed by atoms with Crippen molar-refractivity contribution < 1.29 is 54.6 Å². The molecule has 0 aliphatic heterocycles. The number of hydrogen-bond donors (Lipinski definition) is 4. The van der Waals surface area contributed by atoms with Crippen molar-refractivity contribution in [2.45, 2.75) is 174 Å². The normalized spacial score (nSPS) is 28.0. The van der Waals surface area contributed by atoms with Gasteiger partial charge in [-0.2, -0.15) is 16.8 Å². The van der Waals surface area contributed by atoms with Gasteiger partial charge in [-0.25, -0.2) is 0 Å². The molecule has 4 aliphatic rings. The third-order valence-corrected chi connectivity index (χ3v) is 18.0. The largest absolute Gasteiger partial charge is 0.462 e. The number of benzene rings is 2. The van der Waals surface area contributed by atoms with Gasteiger partial charge in [-0.3, -0.25) is 28.3 Å². The minimum Gasteiger partial charge on any atom is -0.462 e. The summed E-state index contributed by atoms with van der Waals surface area (Å²) in [6.45, 7) is 17.4. The van der Waals surface area contributed by atoms with Crippen molar-refractivity contribution in [3.63, 3.8) is 0 Å². The number of carbonyl (C=O) groups is 4. The zero-order valence-electron chi connectivity index (χ0n) is 42.1. The lowest BCUT2D eigenvalue weighted by molar-refractivity contribution is -0.170. The van der Waals surface area contributed by atoms with Crippen molar-refractivity contribution in [3.8, 4) is 0 Å². The zero-order valence-corrected chi connectivity index (χ0v) is 43.7. The zero-order chi connectivity index (χ0) is 50.7. The number of carbonyl (C=O) groups excluding carboxylic acids is 4. The van der Waals surface area contributed by atoms with Crippen LogP contribution in [0.15, 0.2) is 48.5 Å². The topological polar surface area (TPSA) is 220 Å². The minimum atomic E-state index is -4.46. The maximum absolute atomic E-state index is 13.9. The van der Waals surface area contributed by atoms with Gasteiger partial charge in [-0.1, -0.05) is 104 Å². The summed E-state index contributed by atoms with van der Waals surface area (Å²) in [7, 11) is -8.70. The number of amides is 2. The summed E-state index contributed by atoms with van der Waals surface area (Å²) in [6, 6.07) is 16.0. The van der Waals surface area contributed by atoms with Crippen LogP contribution in [-0.4, -0.2) is 86.5 Å². The van der Waals surface area contributed by atoms with Gasteiger partial charge in [0.1, 0.15) is 12.2 Å². The minimum absolute atomic E-state index is 0.00152. The van der Waals surface area contributed by atoms with Crippen molar-refractivity contribution in [2.75, 3.05) is 24.6 Å². The van der Waals surface area contributed by atoms with Crippen molar-refractivity contribution in [3.05, 3.63) is 70.8 Å². The summed E-state index contributed by atoms with van der Waals surface area (Å²) >= 11 is 0. The summed E-state index contributed by atoms with van der Waals surface area (Å²) in [5, 5.41) is 5.14. The van der Waals surface area contributed by atoms with Crippen LogP contribution in [0.25, 0.3) is 0 Å². The fourth-order valence-corrected chi connectivity index (χ4v) is 13.5. The van der Waals surface area contributed by atoms with Crippen LogP contribution in [0.2, 0.25) is 0 Å². The molecule has 384 valence electrons. The Labute approximate surface area is 411 Å². The fraction of sp³-hybridized carbons (Fsp3) is 0.698. The first-order valence-electron chi connectivity index (χ1n) is 25.1. The van der Waals surface area contributed by atoms with Gasteiger partial charge in [0.15, 0.2) is 5.75 Å². The van der Waals surface area contributed by atoms with Gasteiger partial charge in [0.05, 0.1) is 18.6 Å². The second-order valence-corrected chi connectivity index (χ2v) is 26.4. The standard InChI is InChI=1S/C53H78N2O12S2/c1-50(2,3)38-13-9-34(10-14-38)36(23-26-54-47(57)33-69(63,64)65)30-48(58)66-41-21-24-52(7)40(32-41)17-18-42-43-19-20-45(53(43,8)25-22-44(42)52)67-49(59)31-37(29-46(56)55-27-28-68(60,61)62)35-11-15-39(16-12-35)51(4,5)6/h9-16,36-37,40-45H,17-33H2,1-8H3,(H,54,57)(H,55,56)(H,60,61,62)(H,63,64,65)/t36?,37?,40?,41-,42-,43-,44-,45-,52-,53-/m0/s1. The molecule has 69 heavy (non-hydrogen) atoms. The summed E-state index contributed by atoms with van der Waals surface area (Å²) in [4.78, 5) is 52.8. The average Bonchev–Trinajstić information content (AvgIpc) is 3.56. The van der Waals surface area contributed by atoms with E-state index in [9.17, 15) is 36.0 Å². The molecule has 0 heterocycles. The SMILES string of the molecule is CC(C)(C)c1ccc(C(CCNC(=O)CS(=O)(=O)O)CC(=O)O[C@H]2CC[C@@]3(C)C(CC[C@H]4[C@@H]5CC[C@H](OC(=O)CC(CC(=O)NCCS(=O)(=O)O)c6ccc(C(C)(C)C)cc6)[C@@]5(C)CC[C@@H]43)C2)cc1. The van der Waals surface area contributed by atoms with Gasteiger partial charge in [-0.15, -0.1) is 0 Å². The molecule has 0 spiro atoms. The third kappa shape index (κ3) is 14.2. The number of nitrogens with one attached hydrogen (secondary N) is 2. The molecule has 3 unspecified atom stereocenters. The second kappa shape index (κ2) is 21.5. The Balaban J connectivity index is 1.06. The predicted molar refractivity (Wildman–Crippen MR) is 265 cm³/mol. The second-order valence-electron chi connectivity index (χ2n) is 23.4. The number of fused-ring (bicyclic) bond motifs is 5. The maximum atomic E-state index is 13.9. The Morgan fingerprint density at radius 3 is 1.75 bits per heavy atom. The first kappa shape index (κ1) is 54.5. The van der Waals surface area contributed by atoms with E-state index in [0.29, 0.717) is 30.1 Å². The van der Waals surface area contributed by atoms with E-state index in [1.807, 2.05) is 48.5 Å². The molecule has 14 nitrogen and oxygen atoms in total. The fourth-order valence-electron chi connectivity index (χ4n) is 12.7. The van der Waals surface area contributed by atoms with Crippen molar-refractivity contribution in [2.24, 2.45) is 34.5 Å². The van der Waals surface area contributed by atoms with Crippen LogP contribution < -0.4 is 10.6 Å². The molecule has 0 aromatic heterocycles. The van der Waals surface area contributed by atoms with E-state index in [4.69, 9.17) is 18.6 Å². The van der Waals surface area contributed by atoms with E-state index in [-0.39, 0.29) is 84.1 Å². The van der Waals surface area contributed by atoms with Crippen molar-refractivity contribution in [1.82, 2.24) is 10.6 Å². The molecule has 4 N–H and O–H groups in total. The summed E-state index contributed by atoms with van der Waals surface area (Å²) in [6.07, 6.45) is 8.41. The Hall–Kier alpha value is -3.86. The van der Waals surface area contributed by atoms with E-state index in [1.165, 1.54) is 0 Å². The maximum Gasteiger partial charge on any atom is 0.306 e. The molecule has 0 bridgehead atoms. The lowest BCUT2D eigenvalue weighted by Crippen LogP contribution is -2.55. The molecule has 16 heteroatoms. The molecular weight excluding hydrogens is 921 g/mol. The van der Waals surface area contributed by atoms with Crippen LogP contribution in [0, 0.1) is 34.5 Å². The van der Waals surface area contributed by atoms with E-state index in [0.717, 1.165) is 80.0 Å². The van der Waals surface area contributed by atoms with Crippen LogP contribution >= 0.6 is 0 Å². The molecular formula is C53H78N2O12S2. The molecule has 10 atom stereocenters. The summed E-state index contributed by atoms with van der Waals surface area (Å²) in [5.41, 5.74) is 3.78.